The van der Waals surface area contributed by atoms with Crippen LogP contribution in [0.1, 0.15) is 37.3 Å². The largest absolute Gasteiger partial charge is 0.463 e. The standard InChI is InChI=1S/C16H19NO3/c18-15(12-6-7-12)17-14(11-4-2-1-3-5-11)10-20-16(19)13-8-9-13/h1-5,12-14H,6-10H2,(H,17,18)/t14-/m1/s1. The first kappa shape index (κ1) is 13.2. The van der Waals surface area contributed by atoms with Crippen molar-refractivity contribution in [3.63, 3.8) is 0 Å². The molecule has 0 unspecified atom stereocenters. The fraction of sp³-hybridized carbons (Fsp3) is 0.500. The lowest BCUT2D eigenvalue weighted by Gasteiger charge is -2.19. The molecule has 2 fully saturated rings. The van der Waals surface area contributed by atoms with Gasteiger partial charge in [0.15, 0.2) is 0 Å². The van der Waals surface area contributed by atoms with Gasteiger partial charge in [0.1, 0.15) is 6.61 Å². The maximum atomic E-state index is 11.9. The minimum absolute atomic E-state index is 0.0707. The number of amides is 1. The van der Waals surface area contributed by atoms with E-state index in [1.165, 1.54) is 0 Å². The highest BCUT2D eigenvalue weighted by atomic mass is 16.5. The zero-order chi connectivity index (χ0) is 13.9. The van der Waals surface area contributed by atoms with Crippen LogP contribution in [0, 0.1) is 11.8 Å². The number of nitrogens with one attached hydrogen (secondary N) is 1. The molecule has 1 amide bonds. The lowest BCUT2D eigenvalue weighted by atomic mass is 10.1. The van der Waals surface area contributed by atoms with E-state index < -0.39 is 0 Å². The van der Waals surface area contributed by atoms with Gasteiger partial charge in [0.25, 0.3) is 0 Å². The predicted octanol–water partition coefficient (Wildman–Crippen LogP) is 2.21. The molecule has 0 aromatic heterocycles. The van der Waals surface area contributed by atoms with Gasteiger partial charge < -0.3 is 10.1 Å². The Morgan fingerprint density at radius 2 is 1.75 bits per heavy atom. The van der Waals surface area contributed by atoms with Crippen LogP contribution in [0.15, 0.2) is 30.3 Å². The van der Waals surface area contributed by atoms with Crippen molar-refractivity contribution in [2.24, 2.45) is 11.8 Å². The summed E-state index contributed by atoms with van der Waals surface area (Å²) in [5, 5.41) is 2.99. The lowest BCUT2D eigenvalue weighted by Crippen LogP contribution is -2.33. The van der Waals surface area contributed by atoms with Crippen molar-refractivity contribution in [3.8, 4) is 0 Å². The molecular weight excluding hydrogens is 254 g/mol. The minimum Gasteiger partial charge on any atom is -0.463 e. The summed E-state index contributed by atoms with van der Waals surface area (Å²) in [5.74, 6) is 0.179. The summed E-state index contributed by atoms with van der Waals surface area (Å²) in [6, 6.07) is 9.43. The Balaban J connectivity index is 1.62. The van der Waals surface area contributed by atoms with Crippen molar-refractivity contribution in [3.05, 3.63) is 35.9 Å². The molecule has 0 radical (unpaired) electrons. The summed E-state index contributed by atoms with van der Waals surface area (Å²) in [7, 11) is 0. The van der Waals surface area contributed by atoms with Crippen LogP contribution in [-0.2, 0) is 14.3 Å². The van der Waals surface area contributed by atoms with Crippen LogP contribution in [-0.4, -0.2) is 18.5 Å². The number of carbonyl (C=O) groups excluding carboxylic acids is 2. The van der Waals surface area contributed by atoms with E-state index in [1.807, 2.05) is 30.3 Å². The van der Waals surface area contributed by atoms with E-state index in [1.54, 1.807) is 0 Å². The quantitative estimate of drug-likeness (QED) is 0.808. The van der Waals surface area contributed by atoms with E-state index in [0.717, 1.165) is 31.2 Å². The molecule has 4 nitrogen and oxygen atoms in total. The van der Waals surface area contributed by atoms with Gasteiger partial charge in [-0.3, -0.25) is 9.59 Å². The second-order valence-corrected chi connectivity index (χ2v) is 5.65. The van der Waals surface area contributed by atoms with Crippen LogP contribution in [0.2, 0.25) is 0 Å². The first-order valence-corrected chi connectivity index (χ1v) is 7.26. The molecule has 1 aromatic carbocycles. The molecule has 4 heteroatoms. The molecule has 20 heavy (non-hydrogen) atoms. The van der Waals surface area contributed by atoms with Crippen LogP contribution in [0.3, 0.4) is 0 Å². The van der Waals surface area contributed by atoms with E-state index >= 15 is 0 Å². The van der Waals surface area contributed by atoms with Gasteiger partial charge in [-0.05, 0) is 31.2 Å². The van der Waals surface area contributed by atoms with Crippen LogP contribution < -0.4 is 5.32 Å². The van der Waals surface area contributed by atoms with E-state index in [-0.39, 0.29) is 36.4 Å². The normalized spacial score (nSPS) is 19.2. The molecule has 1 atom stereocenters. The fourth-order valence-electron chi connectivity index (χ4n) is 2.14. The number of hydrogen-bond acceptors (Lipinski definition) is 3. The van der Waals surface area contributed by atoms with Gasteiger partial charge in [0, 0.05) is 5.92 Å². The molecule has 3 rings (SSSR count). The van der Waals surface area contributed by atoms with Crippen molar-refractivity contribution in [2.45, 2.75) is 31.7 Å². The molecule has 2 aliphatic rings. The summed E-state index contributed by atoms with van der Waals surface area (Å²) in [5.41, 5.74) is 0.977. The summed E-state index contributed by atoms with van der Waals surface area (Å²) in [6.45, 7) is 0.220. The van der Waals surface area contributed by atoms with Gasteiger partial charge in [-0.15, -0.1) is 0 Å². The molecule has 2 aliphatic carbocycles. The van der Waals surface area contributed by atoms with Crippen LogP contribution >= 0.6 is 0 Å². The highest BCUT2D eigenvalue weighted by Crippen LogP contribution is 2.31. The molecule has 106 valence electrons. The highest BCUT2D eigenvalue weighted by molar-refractivity contribution is 5.81. The number of hydrogen-bond donors (Lipinski definition) is 1. The molecule has 2 saturated carbocycles. The minimum atomic E-state index is -0.244. The number of carbonyl (C=O) groups is 2. The lowest BCUT2D eigenvalue weighted by molar-refractivity contribution is -0.146. The highest BCUT2D eigenvalue weighted by Gasteiger charge is 2.33. The maximum Gasteiger partial charge on any atom is 0.309 e. The Bertz CT molecular complexity index is 492. The van der Waals surface area contributed by atoms with Crippen molar-refractivity contribution in [1.82, 2.24) is 5.32 Å². The molecular formula is C16H19NO3. The van der Waals surface area contributed by atoms with Gasteiger partial charge in [-0.1, -0.05) is 30.3 Å². The molecule has 0 bridgehead atoms. The predicted molar refractivity (Wildman–Crippen MR) is 73.7 cm³/mol. The molecule has 0 heterocycles. The number of esters is 1. The topological polar surface area (TPSA) is 55.4 Å². The van der Waals surface area contributed by atoms with Gasteiger partial charge in [-0.2, -0.15) is 0 Å². The summed E-state index contributed by atoms with van der Waals surface area (Å²) in [6.07, 6.45) is 3.80. The Morgan fingerprint density at radius 3 is 2.35 bits per heavy atom. The third-order valence-corrected chi connectivity index (χ3v) is 3.77. The summed E-state index contributed by atoms with van der Waals surface area (Å²) >= 11 is 0. The molecule has 0 saturated heterocycles. The zero-order valence-corrected chi connectivity index (χ0v) is 11.4. The van der Waals surface area contributed by atoms with Crippen LogP contribution in [0.5, 0.6) is 0 Å². The second kappa shape index (κ2) is 5.65. The van der Waals surface area contributed by atoms with Gasteiger partial charge >= 0.3 is 5.97 Å². The molecule has 0 aliphatic heterocycles. The Labute approximate surface area is 118 Å². The smallest absolute Gasteiger partial charge is 0.309 e. The van der Waals surface area contributed by atoms with Gasteiger partial charge in [0.05, 0.1) is 12.0 Å². The second-order valence-electron chi connectivity index (χ2n) is 5.65. The molecule has 0 spiro atoms. The first-order valence-electron chi connectivity index (χ1n) is 7.26. The van der Waals surface area contributed by atoms with Crippen LogP contribution in [0.4, 0.5) is 0 Å². The SMILES string of the molecule is O=C(N[C@H](COC(=O)C1CC1)c1ccccc1)C1CC1. The van der Waals surface area contributed by atoms with Crippen molar-refractivity contribution in [2.75, 3.05) is 6.61 Å². The average Bonchev–Trinajstić information content (AvgIpc) is 3.34. The zero-order valence-electron chi connectivity index (χ0n) is 11.4. The van der Waals surface area contributed by atoms with Crippen molar-refractivity contribution < 1.29 is 14.3 Å². The van der Waals surface area contributed by atoms with Gasteiger partial charge in [-0.25, -0.2) is 0 Å². The summed E-state index contributed by atoms with van der Waals surface area (Å²) < 4.78 is 5.33. The maximum absolute atomic E-state index is 11.9. The number of ether oxygens (including phenoxy) is 1. The fourth-order valence-corrected chi connectivity index (χ4v) is 2.14. The Morgan fingerprint density at radius 1 is 1.10 bits per heavy atom. The summed E-state index contributed by atoms with van der Waals surface area (Å²) in [4.78, 5) is 23.6. The Hall–Kier alpha value is -1.84. The van der Waals surface area contributed by atoms with Gasteiger partial charge in [0.2, 0.25) is 5.91 Å². The molecule has 1 N–H and O–H groups in total. The van der Waals surface area contributed by atoms with E-state index in [4.69, 9.17) is 4.74 Å². The monoisotopic (exact) mass is 273 g/mol. The van der Waals surface area contributed by atoms with Crippen molar-refractivity contribution in [1.29, 1.82) is 0 Å². The van der Waals surface area contributed by atoms with E-state index in [0.29, 0.717) is 0 Å². The van der Waals surface area contributed by atoms with Crippen molar-refractivity contribution >= 4 is 11.9 Å². The Kier molecular flexibility index (Phi) is 3.72. The third-order valence-electron chi connectivity index (χ3n) is 3.77. The first-order chi connectivity index (χ1) is 9.74. The average molecular weight is 273 g/mol. The van der Waals surface area contributed by atoms with E-state index in [2.05, 4.69) is 5.32 Å². The van der Waals surface area contributed by atoms with E-state index in [9.17, 15) is 9.59 Å². The number of benzene rings is 1. The molecule has 1 aromatic rings. The number of rotatable bonds is 6. The third kappa shape index (κ3) is 3.38. The van der Waals surface area contributed by atoms with Crippen LogP contribution in [0.25, 0.3) is 0 Å².